The van der Waals surface area contributed by atoms with Crippen molar-refractivity contribution < 1.29 is 48.5 Å². The number of rotatable bonds is 18. The van der Waals surface area contributed by atoms with Gasteiger partial charge in [-0.25, -0.2) is 9.59 Å². The molecule has 0 spiro atoms. The minimum atomic E-state index is -1.45. The molecular formula is C38H45N5O10. The number of nitrogens with two attached hydrogens (primary N) is 1. The highest BCUT2D eigenvalue weighted by Crippen LogP contribution is 2.44. The first-order valence-corrected chi connectivity index (χ1v) is 17.2. The van der Waals surface area contributed by atoms with Crippen molar-refractivity contribution in [2.75, 3.05) is 20.3 Å². The number of phenols is 1. The summed E-state index contributed by atoms with van der Waals surface area (Å²) in [6.07, 6.45) is -0.600. The highest BCUT2D eigenvalue weighted by atomic mass is 16.5. The summed E-state index contributed by atoms with van der Waals surface area (Å²) in [4.78, 5) is 75.8. The molecule has 1 aliphatic rings. The van der Waals surface area contributed by atoms with Crippen LogP contribution in [0.15, 0.2) is 72.8 Å². The third kappa shape index (κ3) is 11.3. The number of unbranched alkanes of at least 4 members (excludes halogenated alkanes) is 1. The fraction of sp³-hybridized carbons (Fsp3) is 0.368. The Bertz CT molecular complexity index is 1740. The molecule has 0 bridgehead atoms. The first-order chi connectivity index (χ1) is 25.4. The molecule has 0 saturated heterocycles. The van der Waals surface area contributed by atoms with Crippen LogP contribution < -0.4 is 27.0 Å². The van der Waals surface area contributed by atoms with Crippen LogP contribution in [0.1, 0.15) is 55.2 Å². The quantitative estimate of drug-likeness (QED) is 0.0739. The number of esters is 1. The fourth-order valence-corrected chi connectivity index (χ4v) is 5.95. The van der Waals surface area contributed by atoms with Crippen molar-refractivity contribution in [3.05, 3.63) is 89.5 Å². The number of amides is 4. The van der Waals surface area contributed by atoms with Crippen LogP contribution >= 0.6 is 0 Å². The average Bonchev–Trinajstić information content (AvgIpc) is 3.46. The molecular weight excluding hydrogens is 686 g/mol. The number of methoxy groups -OCH3 is 1. The van der Waals surface area contributed by atoms with Crippen LogP contribution in [0.4, 0.5) is 4.79 Å². The number of carbonyl (C=O) groups is 6. The molecule has 282 valence electrons. The Morgan fingerprint density at radius 3 is 1.92 bits per heavy atom. The van der Waals surface area contributed by atoms with Crippen molar-refractivity contribution in [2.45, 2.75) is 69.1 Å². The highest BCUT2D eigenvalue weighted by molar-refractivity contribution is 5.95. The number of nitrogens with one attached hydrogen (secondary N) is 4. The lowest BCUT2D eigenvalue weighted by molar-refractivity contribution is -0.144. The third-order valence-electron chi connectivity index (χ3n) is 8.80. The van der Waals surface area contributed by atoms with E-state index in [1.54, 1.807) is 0 Å². The largest absolute Gasteiger partial charge is 0.508 e. The molecule has 4 amide bonds. The van der Waals surface area contributed by atoms with Crippen molar-refractivity contribution in [3.63, 3.8) is 0 Å². The van der Waals surface area contributed by atoms with Gasteiger partial charge < -0.3 is 46.7 Å². The van der Waals surface area contributed by atoms with Gasteiger partial charge in [-0.1, -0.05) is 60.7 Å². The third-order valence-corrected chi connectivity index (χ3v) is 8.80. The summed E-state index contributed by atoms with van der Waals surface area (Å²) in [6, 6.07) is 16.6. The maximum atomic E-state index is 13.5. The van der Waals surface area contributed by atoms with Crippen LogP contribution in [0, 0.1) is 0 Å². The first-order valence-electron chi connectivity index (χ1n) is 17.2. The number of fused-ring (bicyclic) bond motifs is 3. The van der Waals surface area contributed by atoms with Gasteiger partial charge in [-0.05, 0) is 66.1 Å². The SMILES string of the molecule is COC(=O)C[C@H](NC(=O)[C@H](C)N)C(=O)N[C@@H](Cc1ccc(O)cc1)C(=O)N[C@@H](CCCCNC(=O)OCC1c2ccccc2-c2ccccc21)C(=O)O. The highest BCUT2D eigenvalue weighted by Gasteiger charge is 2.32. The Hall–Kier alpha value is -5.96. The van der Waals surface area contributed by atoms with Gasteiger partial charge in [-0.3, -0.25) is 19.2 Å². The van der Waals surface area contributed by atoms with E-state index < -0.39 is 66.3 Å². The Morgan fingerprint density at radius 2 is 1.34 bits per heavy atom. The molecule has 3 aromatic rings. The summed E-state index contributed by atoms with van der Waals surface area (Å²) in [5.74, 6) is -4.73. The van der Waals surface area contributed by atoms with Crippen molar-refractivity contribution in [1.82, 2.24) is 21.3 Å². The number of alkyl carbamates (subject to hydrolysis) is 1. The number of phenolic OH excluding ortho intramolecular Hbond substituents is 1. The van der Waals surface area contributed by atoms with Crippen LogP contribution in [-0.2, 0) is 39.9 Å². The Labute approximate surface area is 306 Å². The van der Waals surface area contributed by atoms with E-state index in [0.717, 1.165) is 29.4 Å². The van der Waals surface area contributed by atoms with Gasteiger partial charge in [-0.2, -0.15) is 0 Å². The Balaban J connectivity index is 1.31. The molecule has 0 saturated carbocycles. The summed E-state index contributed by atoms with van der Waals surface area (Å²) in [7, 11) is 1.11. The predicted octanol–water partition coefficient (Wildman–Crippen LogP) is 2.09. The normalized spacial score (nSPS) is 13.9. The van der Waals surface area contributed by atoms with E-state index in [-0.39, 0.29) is 37.7 Å². The van der Waals surface area contributed by atoms with Crippen LogP contribution in [-0.4, -0.2) is 90.4 Å². The summed E-state index contributed by atoms with van der Waals surface area (Å²) in [6.45, 7) is 1.73. The van der Waals surface area contributed by atoms with E-state index in [2.05, 4.69) is 26.0 Å². The minimum Gasteiger partial charge on any atom is -0.508 e. The van der Waals surface area contributed by atoms with E-state index in [1.165, 1.54) is 31.2 Å². The number of aliphatic carboxylic acids is 1. The molecule has 15 heteroatoms. The minimum absolute atomic E-state index is 0.00271. The first kappa shape index (κ1) is 39.8. The Morgan fingerprint density at radius 1 is 0.774 bits per heavy atom. The van der Waals surface area contributed by atoms with Gasteiger partial charge in [0.15, 0.2) is 0 Å². The number of carbonyl (C=O) groups excluding carboxylic acids is 5. The monoisotopic (exact) mass is 731 g/mol. The van der Waals surface area contributed by atoms with E-state index in [4.69, 9.17) is 10.5 Å². The Kier molecular flexibility index (Phi) is 14.3. The number of carboxylic acids is 1. The van der Waals surface area contributed by atoms with Crippen molar-refractivity contribution in [2.24, 2.45) is 5.73 Å². The zero-order valence-corrected chi connectivity index (χ0v) is 29.5. The fourth-order valence-electron chi connectivity index (χ4n) is 5.95. The summed E-state index contributed by atoms with van der Waals surface area (Å²) >= 11 is 0. The topological polar surface area (TPSA) is 235 Å². The van der Waals surface area contributed by atoms with Gasteiger partial charge in [0.25, 0.3) is 0 Å². The predicted molar refractivity (Wildman–Crippen MR) is 192 cm³/mol. The van der Waals surface area contributed by atoms with Gasteiger partial charge in [0, 0.05) is 18.9 Å². The van der Waals surface area contributed by atoms with Crippen LogP contribution in [0.5, 0.6) is 5.75 Å². The number of carboxylic acid groups (broad SMARTS) is 1. The maximum Gasteiger partial charge on any atom is 0.407 e. The lowest BCUT2D eigenvalue weighted by atomic mass is 9.98. The van der Waals surface area contributed by atoms with Gasteiger partial charge >= 0.3 is 18.0 Å². The number of benzene rings is 3. The summed E-state index contributed by atoms with van der Waals surface area (Å²) in [5.41, 5.74) is 10.5. The average molecular weight is 732 g/mol. The standard InChI is InChI=1S/C38H45N5O10/c1-22(39)34(46)42-32(20-33(45)52-2)36(48)43-31(19-23-14-16-24(44)17-15-23)35(47)41-30(37(49)50)13-7-8-18-40-38(51)53-21-29-27-11-5-3-9-25(27)26-10-4-6-12-28(26)29/h3-6,9-12,14-17,22,29-32,44H,7-8,13,18-21,39H2,1-2H3,(H,40,51)(H,41,47)(H,42,46)(H,43,48)(H,49,50)/t22-,30-,31-,32-/m0/s1. The maximum absolute atomic E-state index is 13.5. The van der Waals surface area contributed by atoms with Crippen molar-refractivity contribution >= 4 is 35.8 Å². The molecule has 0 aromatic heterocycles. The lowest BCUT2D eigenvalue weighted by Gasteiger charge is -2.25. The molecule has 0 heterocycles. The summed E-state index contributed by atoms with van der Waals surface area (Å²) < 4.78 is 10.2. The van der Waals surface area contributed by atoms with Gasteiger partial charge in [0.05, 0.1) is 19.6 Å². The second-order valence-electron chi connectivity index (χ2n) is 12.7. The number of hydrogen-bond acceptors (Lipinski definition) is 10. The number of ether oxygens (including phenoxy) is 2. The molecule has 1 aliphatic carbocycles. The van der Waals surface area contributed by atoms with E-state index in [9.17, 15) is 39.0 Å². The number of hydrogen-bond donors (Lipinski definition) is 7. The molecule has 53 heavy (non-hydrogen) atoms. The van der Waals surface area contributed by atoms with Crippen LogP contribution in [0.3, 0.4) is 0 Å². The van der Waals surface area contributed by atoms with Gasteiger partial charge in [-0.15, -0.1) is 0 Å². The molecule has 3 aromatic carbocycles. The van der Waals surface area contributed by atoms with Crippen molar-refractivity contribution in [1.29, 1.82) is 0 Å². The molecule has 4 rings (SSSR count). The lowest BCUT2D eigenvalue weighted by Crippen LogP contribution is -2.57. The number of aromatic hydroxyl groups is 1. The molecule has 0 fully saturated rings. The second-order valence-corrected chi connectivity index (χ2v) is 12.7. The molecule has 0 aliphatic heterocycles. The zero-order valence-electron chi connectivity index (χ0n) is 29.5. The van der Waals surface area contributed by atoms with Crippen LogP contribution in [0.2, 0.25) is 0 Å². The van der Waals surface area contributed by atoms with E-state index >= 15 is 0 Å². The zero-order chi connectivity index (χ0) is 38.5. The molecule has 0 radical (unpaired) electrons. The molecule has 0 unspecified atom stereocenters. The van der Waals surface area contributed by atoms with E-state index in [1.807, 2.05) is 48.5 Å². The van der Waals surface area contributed by atoms with E-state index in [0.29, 0.717) is 18.4 Å². The van der Waals surface area contributed by atoms with Crippen molar-refractivity contribution in [3.8, 4) is 16.9 Å². The smallest absolute Gasteiger partial charge is 0.407 e. The molecule has 8 N–H and O–H groups in total. The van der Waals surface area contributed by atoms with Gasteiger partial charge in [0.2, 0.25) is 17.7 Å². The second kappa shape index (κ2) is 19.0. The molecule has 15 nitrogen and oxygen atoms in total. The summed E-state index contributed by atoms with van der Waals surface area (Å²) in [5, 5.41) is 29.6. The molecule has 4 atom stereocenters. The van der Waals surface area contributed by atoms with Gasteiger partial charge in [0.1, 0.15) is 30.5 Å². The van der Waals surface area contributed by atoms with Crippen LogP contribution in [0.25, 0.3) is 11.1 Å².